The van der Waals surface area contributed by atoms with Gasteiger partial charge in [0.1, 0.15) is 23.0 Å². The lowest BCUT2D eigenvalue weighted by Gasteiger charge is -2.34. The zero-order chi connectivity index (χ0) is 39.6. The summed E-state index contributed by atoms with van der Waals surface area (Å²) >= 11 is 0. The lowest BCUT2D eigenvalue weighted by atomic mass is 9.68. The number of carbonyl (C=O) groups excluding carboxylic acids is 2. The minimum absolute atomic E-state index is 0.0125. The zero-order valence-corrected chi connectivity index (χ0v) is 32.3. The Morgan fingerprint density at radius 2 is 0.741 bits per heavy atom. The first-order valence-corrected chi connectivity index (χ1v) is 19.6. The maximum Gasteiger partial charge on any atom is 0.193 e. The third-order valence-electron chi connectivity index (χ3n) is 11.2. The van der Waals surface area contributed by atoms with Crippen molar-refractivity contribution in [1.29, 1.82) is 0 Å². The summed E-state index contributed by atoms with van der Waals surface area (Å²) in [6.45, 7) is 4.11. The van der Waals surface area contributed by atoms with E-state index in [0.29, 0.717) is 45.3 Å². The van der Waals surface area contributed by atoms with Crippen LogP contribution in [0.1, 0.15) is 72.1 Å². The van der Waals surface area contributed by atoms with Crippen molar-refractivity contribution < 1.29 is 19.1 Å². The number of hydrogen-bond acceptors (Lipinski definition) is 4. The van der Waals surface area contributed by atoms with Gasteiger partial charge in [0.05, 0.1) is 5.41 Å². The summed E-state index contributed by atoms with van der Waals surface area (Å²) in [5.74, 6) is 2.67. The average Bonchev–Trinajstić information content (AvgIpc) is 3.58. The molecular weight excluding hydrogens is 713 g/mol. The number of fused-ring (bicyclic) bond motifs is 3. The number of hydrogen-bond donors (Lipinski definition) is 0. The molecule has 58 heavy (non-hydrogen) atoms. The van der Waals surface area contributed by atoms with E-state index in [4.69, 9.17) is 9.47 Å². The Balaban J connectivity index is 0.991. The molecule has 0 fully saturated rings. The minimum atomic E-state index is -0.598. The molecule has 0 heterocycles. The monoisotopic (exact) mass is 752 g/mol. The van der Waals surface area contributed by atoms with Gasteiger partial charge in [0.15, 0.2) is 11.6 Å². The molecule has 0 amide bonds. The molecule has 8 aromatic rings. The van der Waals surface area contributed by atoms with Gasteiger partial charge in [0.25, 0.3) is 0 Å². The highest BCUT2D eigenvalue weighted by atomic mass is 16.5. The molecule has 0 spiro atoms. The van der Waals surface area contributed by atoms with Gasteiger partial charge in [0.2, 0.25) is 0 Å². The molecular formula is C54H40O4. The third-order valence-corrected chi connectivity index (χ3v) is 11.2. The second kappa shape index (κ2) is 15.3. The van der Waals surface area contributed by atoms with Gasteiger partial charge in [-0.3, -0.25) is 9.59 Å². The van der Waals surface area contributed by atoms with Gasteiger partial charge in [-0.05, 0) is 125 Å². The van der Waals surface area contributed by atoms with Crippen LogP contribution in [0.25, 0.3) is 11.1 Å². The SMILES string of the molecule is CCc1ccc(C(=O)c2ccc(Oc3ccc(C4(c5ccc(Oc6ccc(C(=O)c7ccc(C)cc7)cc6)cc5)c5ccccc5-c5ccccc54)cc3)cc2)cc1. The molecule has 0 radical (unpaired) electrons. The van der Waals surface area contributed by atoms with Crippen LogP contribution < -0.4 is 9.47 Å². The number of benzene rings is 8. The fraction of sp³-hybridized carbons (Fsp3) is 0.0741. The summed E-state index contributed by atoms with van der Waals surface area (Å²) < 4.78 is 12.6. The lowest BCUT2D eigenvalue weighted by Crippen LogP contribution is -2.28. The van der Waals surface area contributed by atoms with Gasteiger partial charge in [-0.2, -0.15) is 0 Å². The summed E-state index contributed by atoms with van der Waals surface area (Å²) in [4.78, 5) is 26.2. The van der Waals surface area contributed by atoms with Crippen LogP contribution in [-0.2, 0) is 11.8 Å². The van der Waals surface area contributed by atoms with Gasteiger partial charge in [0, 0.05) is 22.3 Å². The van der Waals surface area contributed by atoms with E-state index < -0.39 is 5.41 Å². The highest BCUT2D eigenvalue weighted by Crippen LogP contribution is 2.56. The first kappa shape index (κ1) is 36.3. The first-order chi connectivity index (χ1) is 28.4. The molecule has 0 aliphatic heterocycles. The maximum absolute atomic E-state index is 13.1. The Morgan fingerprint density at radius 1 is 0.414 bits per heavy atom. The largest absolute Gasteiger partial charge is 0.457 e. The summed E-state index contributed by atoms with van der Waals surface area (Å²) in [5, 5.41) is 0. The molecule has 9 rings (SSSR count). The van der Waals surface area contributed by atoms with E-state index in [-0.39, 0.29) is 11.6 Å². The Kier molecular flexibility index (Phi) is 9.60. The predicted molar refractivity (Wildman–Crippen MR) is 231 cm³/mol. The molecule has 1 aliphatic rings. The van der Waals surface area contributed by atoms with Gasteiger partial charge in [-0.25, -0.2) is 0 Å². The van der Waals surface area contributed by atoms with Gasteiger partial charge in [-0.15, -0.1) is 0 Å². The molecule has 0 aromatic heterocycles. The van der Waals surface area contributed by atoms with Crippen molar-refractivity contribution in [2.24, 2.45) is 0 Å². The van der Waals surface area contributed by atoms with Crippen molar-refractivity contribution in [2.45, 2.75) is 25.7 Å². The van der Waals surface area contributed by atoms with E-state index >= 15 is 0 Å². The predicted octanol–water partition coefficient (Wildman–Crippen LogP) is 13.0. The van der Waals surface area contributed by atoms with E-state index in [9.17, 15) is 9.59 Å². The van der Waals surface area contributed by atoms with Gasteiger partial charge < -0.3 is 9.47 Å². The van der Waals surface area contributed by atoms with Crippen LogP contribution in [-0.4, -0.2) is 11.6 Å². The zero-order valence-electron chi connectivity index (χ0n) is 32.3. The molecule has 4 heteroatoms. The summed E-state index contributed by atoms with van der Waals surface area (Å²) in [7, 11) is 0. The molecule has 0 unspecified atom stereocenters. The van der Waals surface area contributed by atoms with Crippen LogP contribution >= 0.6 is 0 Å². The first-order valence-electron chi connectivity index (χ1n) is 19.6. The van der Waals surface area contributed by atoms with Crippen molar-refractivity contribution in [2.75, 3.05) is 0 Å². The smallest absolute Gasteiger partial charge is 0.193 e. The second-order valence-corrected chi connectivity index (χ2v) is 14.7. The van der Waals surface area contributed by atoms with Crippen LogP contribution in [0.15, 0.2) is 194 Å². The van der Waals surface area contributed by atoms with Crippen LogP contribution in [0.2, 0.25) is 0 Å². The van der Waals surface area contributed by atoms with E-state index in [1.165, 1.54) is 27.8 Å². The molecule has 0 saturated carbocycles. The fourth-order valence-electron chi connectivity index (χ4n) is 8.12. The summed E-state index contributed by atoms with van der Waals surface area (Å²) in [6, 6.07) is 63.9. The van der Waals surface area contributed by atoms with E-state index in [0.717, 1.165) is 23.1 Å². The van der Waals surface area contributed by atoms with Crippen LogP contribution in [0, 0.1) is 6.92 Å². The van der Waals surface area contributed by atoms with Crippen LogP contribution in [0.3, 0.4) is 0 Å². The molecule has 8 aromatic carbocycles. The molecule has 0 atom stereocenters. The third kappa shape index (κ3) is 6.69. The van der Waals surface area contributed by atoms with Gasteiger partial charge in [-0.1, -0.05) is 134 Å². The Hall–Kier alpha value is -7.30. The van der Waals surface area contributed by atoms with E-state index in [2.05, 4.69) is 79.7 Å². The van der Waals surface area contributed by atoms with Gasteiger partial charge >= 0.3 is 0 Å². The van der Waals surface area contributed by atoms with Crippen molar-refractivity contribution >= 4 is 11.6 Å². The van der Waals surface area contributed by atoms with Crippen molar-refractivity contribution in [3.8, 4) is 34.1 Å². The van der Waals surface area contributed by atoms with E-state index in [1.807, 2.05) is 128 Å². The normalized spacial score (nSPS) is 12.3. The molecule has 0 bridgehead atoms. The van der Waals surface area contributed by atoms with Crippen LogP contribution in [0.5, 0.6) is 23.0 Å². The quantitative estimate of drug-likeness (QED) is 0.123. The Morgan fingerprint density at radius 3 is 1.12 bits per heavy atom. The highest BCUT2D eigenvalue weighted by molar-refractivity contribution is 6.09. The summed E-state index contributed by atoms with van der Waals surface area (Å²) in [6.07, 6.45) is 0.935. The Labute approximate surface area is 339 Å². The molecule has 4 nitrogen and oxygen atoms in total. The number of rotatable bonds is 11. The second-order valence-electron chi connectivity index (χ2n) is 14.7. The molecule has 0 N–H and O–H groups in total. The minimum Gasteiger partial charge on any atom is -0.457 e. The molecule has 280 valence electrons. The Bertz CT molecular complexity index is 2700. The lowest BCUT2D eigenvalue weighted by molar-refractivity contribution is 0.103. The van der Waals surface area contributed by atoms with E-state index in [1.54, 1.807) is 0 Å². The van der Waals surface area contributed by atoms with Crippen LogP contribution in [0.4, 0.5) is 0 Å². The molecule has 0 saturated heterocycles. The number of ketones is 2. The number of carbonyl (C=O) groups is 2. The topological polar surface area (TPSA) is 52.6 Å². The highest BCUT2D eigenvalue weighted by Gasteiger charge is 2.45. The summed E-state index contributed by atoms with van der Waals surface area (Å²) in [5.41, 5.74) is 11.3. The van der Waals surface area contributed by atoms with Crippen molar-refractivity contribution in [3.05, 3.63) is 250 Å². The number of ether oxygens (including phenoxy) is 2. The van der Waals surface area contributed by atoms with Crippen molar-refractivity contribution in [1.82, 2.24) is 0 Å². The van der Waals surface area contributed by atoms with Crippen molar-refractivity contribution in [3.63, 3.8) is 0 Å². The number of aryl methyl sites for hydroxylation is 2. The average molecular weight is 753 g/mol. The fourth-order valence-corrected chi connectivity index (χ4v) is 8.12. The maximum atomic E-state index is 13.1. The molecule has 1 aliphatic carbocycles. The standard InChI is InChI=1S/C54H40O4/c1-3-37-14-18-39(19-15-37)53(56)41-22-30-45(31-23-41)58-47-34-26-43(27-35-47)54(50-10-6-4-8-48(50)49-9-5-7-11-51(49)54)42-24-32-46(33-25-42)57-44-28-20-40(21-29-44)52(55)38-16-12-36(2)13-17-38/h4-35H,3H2,1-2H3.